The molecule has 0 aromatic heterocycles. The molecule has 0 aliphatic carbocycles. The summed E-state index contributed by atoms with van der Waals surface area (Å²) >= 11 is 7.77. The second-order valence-corrected chi connectivity index (χ2v) is 4.69. The van der Waals surface area contributed by atoms with Gasteiger partial charge in [0.25, 0.3) is 0 Å². The maximum Gasteiger partial charge on any atom is 0.101 e. The summed E-state index contributed by atoms with van der Waals surface area (Å²) in [5, 5.41) is 12.9. The fraction of sp³-hybridized carbons (Fsp3) is 0.300. The molecule has 1 N–H and O–H groups in total. The molecule has 2 nitrogen and oxygen atoms in total. The SMILES string of the molecule is N#Cc1ccc(Cl)cc1NC1CSC1. The van der Waals surface area contributed by atoms with Crippen LogP contribution in [0, 0.1) is 11.3 Å². The molecule has 0 amide bonds. The smallest absolute Gasteiger partial charge is 0.101 e. The van der Waals surface area contributed by atoms with E-state index in [1.807, 2.05) is 17.8 Å². The Kier molecular flexibility index (Phi) is 2.85. The van der Waals surface area contributed by atoms with Gasteiger partial charge in [0, 0.05) is 22.6 Å². The van der Waals surface area contributed by atoms with Crippen LogP contribution in [0.2, 0.25) is 5.02 Å². The van der Waals surface area contributed by atoms with Crippen molar-refractivity contribution in [3.8, 4) is 6.07 Å². The van der Waals surface area contributed by atoms with E-state index in [2.05, 4.69) is 11.4 Å². The minimum atomic E-state index is 0.491. The molecule has 1 aromatic rings. The first-order valence-corrected chi connectivity index (χ1v) is 5.87. The van der Waals surface area contributed by atoms with Crippen LogP contribution in [0.1, 0.15) is 5.56 Å². The summed E-state index contributed by atoms with van der Waals surface area (Å²) in [5.74, 6) is 2.22. The van der Waals surface area contributed by atoms with Gasteiger partial charge in [-0.1, -0.05) is 11.6 Å². The minimum absolute atomic E-state index is 0.491. The Hall–Kier alpha value is -0.850. The lowest BCUT2D eigenvalue weighted by atomic mass is 10.2. The van der Waals surface area contributed by atoms with E-state index in [9.17, 15) is 0 Å². The van der Waals surface area contributed by atoms with E-state index in [0.717, 1.165) is 17.2 Å². The highest BCUT2D eigenvalue weighted by molar-refractivity contribution is 8.00. The number of anilines is 1. The number of halogens is 1. The standard InChI is InChI=1S/C10H9ClN2S/c11-8-2-1-7(4-12)10(3-8)13-9-5-14-6-9/h1-3,9,13H,5-6H2. The molecule has 72 valence electrons. The lowest BCUT2D eigenvalue weighted by Crippen LogP contribution is -2.33. The summed E-state index contributed by atoms with van der Waals surface area (Å²) in [4.78, 5) is 0. The number of rotatable bonds is 2. The highest BCUT2D eigenvalue weighted by Gasteiger charge is 2.18. The second-order valence-electron chi connectivity index (χ2n) is 3.18. The van der Waals surface area contributed by atoms with Gasteiger partial charge in [0.15, 0.2) is 0 Å². The number of nitrogens with zero attached hydrogens (tertiary/aromatic N) is 1. The van der Waals surface area contributed by atoms with Crippen LogP contribution >= 0.6 is 23.4 Å². The summed E-state index contributed by atoms with van der Waals surface area (Å²) in [6.45, 7) is 0. The predicted molar refractivity (Wildman–Crippen MR) is 60.9 cm³/mol. The molecular weight excluding hydrogens is 216 g/mol. The van der Waals surface area contributed by atoms with Crippen LogP contribution < -0.4 is 5.32 Å². The zero-order valence-electron chi connectivity index (χ0n) is 7.46. The van der Waals surface area contributed by atoms with Gasteiger partial charge in [-0.25, -0.2) is 0 Å². The van der Waals surface area contributed by atoms with Crippen LogP contribution in [0.5, 0.6) is 0 Å². The van der Waals surface area contributed by atoms with Gasteiger partial charge in [-0.05, 0) is 18.2 Å². The Bertz CT molecular complexity index is 382. The van der Waals surface area contributed by atoms with Crippen LogP contribution in [0.4, 0.5) is 5.69 Å². The molecule has 0 spiro atoms. The molecule has 4 heteroatoms. The zero-order chi connectivity index (χ0) is 9.97. The predicted octanol–water partition coefficient (Wildman–Crippen LogP) is 2.74. The van der Waals surface area contributed by atoms with E-state index in [1.54, 1.807) is 12.1 Å². The summed E-state index contributed by atoms with van der Waals surface area (Å²) in [6, 6.07) is 7.93. The molecule has 0 bridgehead atoms. The Balaban J connectivity index is 2.21. The molecule has 0 unspecified atom stereocenters. The van der Waals surface area contributed by atoms with Crippen LogP contribution in [-0.4, -0.2) is 17.5 Å². The van der Waals surface area contributed by atoms with Gasteiger partial charge in [0.1, 0.15) is 6.07 Å². The van der Waals surface area contributed by atoms with Crippen molar-refractivity contribution >= 4 is 29.1 Å². The molecule has 1 aliphatic heterocycles. The summed E-state index contributed by atoms with van der Waals surface area (Å²) in [5.41, 5.74) is 1.51. The maximum atomic E-state index is 8.87. The average molecular weight is 225 g/mol. The molecular formula is C10H9ClN2S. The quantitative estimate of drug-likeness (QED) is 0.839. The van der Waals surface area contributed by atoms with Crippen molar-refractivity contribution in [2.45, 2.75) is 6.04 Å². The van der Waals surface area contributed by atoms with Crippen molar-refractivity contribution in [2.75, 3.05) is 16.8 Å². The molecule has 0 atom stereocenters. The number of thioether (sulfide) groups is 1. The topological polar surface area (TPSA) is 35.8 Å². The summed E-state index contributed by atoms with van der Waals surface area (Å²) in [6.07, 6.45) is 0. The van der Waals surface area contributed by atoms with Crippen molar-refractivity contribution in [1.29, 1.82) is 5.26 Å². The van der Waals surface area contributed by atoms with Crippen molar-refractivity contribution in [1.82, 2.24) is 0 Å². The highest BCUT2D eigenvalue weighted by atomic mass is 35.5. The largest absolute Gasteiger partial charge is 0.380 e. The van der Waals surface area contributed by atoms with E-state index in [4.69, 9.17) is 16.9 Å². The zero-order valence-corrected chi connectivity index (χ0v) is 9.03. The molecule has 1 fully saturated rings. The monoisotopic (exact) mass is 224 g/mol. The van der Waals surface area contributed by atoms with Crippen LogP contribution in [0.3, 0.4) is 0 Å². The van der Waals surface area contributed by atoms with E-state index in [0.29, 0.717) is 16.6 Å². The molecule has 1 heterocycles. The lowest BCUT2D eigenvalue weighted by Gasteiger charge is -2.27. The van der Waals surface area contributed by atoms with Gasteiger partial charge in [-0.2, -0.15) is 17.0 Å². The van der Waals surface area contributed by atoms with Crippen LogP contribution in [0.25, 0.3) is 0 Å². The Morgan fingerprint density at radius 3 is 2.86 bits per heavy atom. The average Bonchev–Trinajstić information content (AvgIpc) is 2.12. The van der Waals surface area contributed by atoms with E-state index < -0.39 is 0 Å². The third kappa shape index (κ3) is 1.97. The van der Waals surface area contributed by atoms with Gasteiger partial charge in [0.05, 0.1) is 11.3 Å². The first-order chi connectivity index (χ1) is 6.79. The number of hydrogen-bond acceptors (Lipinski definition) is 3. The van der Waals surface area contributed by atoms with Gasteiger partial charge in [-0.3, -0.25) is 0 Å². The van der Waals surface area contributed by atoms with Crippen LogP contribution in [-0.2, 0) is 0 Å². The molecule has 1 saturated heterocycles. The minimum Gasteiger partial charge on any atom is -0.380 e. The van der Waals surface area contributed by atoms with Gasteiger partial charge < -0.3 is 5.32 Å². The highest BCUT2D eigenvalue weighted by Crippen LogP contribution is 2.26. The number of benzene rings is 1. The first-order valence-electron chi connectivity index (χ1n) is 4.33. The fourth-order valence-electron chi connectivity index (χ4n) is 1.27. The lowest BCUT2D eigenvalue weighted by molar-refractivity contribution is 0.882. The molecule has 1 aromatic carbocycles. The number of hydrogen-bond donors (Lipinski definition) is 1. The van der Waals surface area contributed by atoms with Gasteiger partial charge in [0.2, 0.25) is 0 Å². The Morgan fingerprint density at radius 1 is 1.50 bits per heavy atom. The molecule has 0 saturated carbocycles. The summed E-state index contributed by atoms with van der Waals surface area (Å²) < 4.78 is 0. The van der Waals surface area contributed by atoms with Crippen molar-refractivity contribution in [3.05, 3.63) is 28.8 Å². The number of nitrogens with one attached hydrogen (secondary N) is 1. The van der Waals surface area contributed by atoms with Gasteiger partial charge in [-0.15, -0.1) is 0 Å². The first kappa shape index (κ1) is 9.70. The fourth-order valence-corrected chi connectivity index (χ4v) is 2.08. The van der Waals surface area contributed by atoms with E-state index in [1.165, 1.54) is 0 Å². The Morgan fingerprint density at radius 2 is 2.29 bits per heavy atom. The van der Waals surface area contributed by atoms with Crippen molar-refractivity contribution in [2.24, 2.45) is 0 Å². The maximum absolute atomic E-state index is 8.87. The Labute approximate surface area is 92.3 Å². The van der Waals surface area contributed by atoms with Gasteiger partial charge >= 0.3 is 0 Å². The van der Waals surface area contributed by atoms with Crippen molar-refractivity contribution < 1.29 is 0 Å². The van der Waals surface area contributed by atoms with E-state index >= 15 is 0 Å². The van der Waals surface area contributed by atoms with E-state index in [-0.39, 0.29) is 0 Å². The normalized spacial score (nSPS) is 15.7. The summed E-state index contributed by atoms with van der Waals surface area (Å²) in [7, 11) is 0. The third-order valence-corrected chi connectivity index (χ3v) is 3.61. The molecule has 0 radical (unpaired) electrons. The second kappa shape index (κ2) is 4.12. The van der Waals surface area contributed by atoms with Crippen molar-refractivity contribution in [3.63, 3.8) is 0 Å². The third-order valence-electron chi connectivity index (χ3n) is 2.10. The number of nitriles is 1. The molecule has 2 rings (SSSR count). The molecule has 14 heavy (non-hydrogen) atoms. The van der Waals surface area contributed by atoms with Crippen LogP contribution in [0.15, 0.2) is 18.2 Å². The molecule has 1 aliphatic rings.